The van der Waals surface area contributed by atoms with Crippen LogP contribution in [-0.2, 0) is 6.42 Å². The molecule has 0 aliphatic carbocycles. The highest BCUT2D eigenvalue weighted by Gasteiger charge is 2.15. The van der Waals surface area contributed by atoms with Crippen LogP contribution in [0.2, 0.25) is 0 Å². The first kappa shape index (κ1) is 11.4. The van der Waals surface area contributed by atoms with Crippen molar-refractivity contribution in [1.29, 1.82) is 0 Å². The lowest BCUT2D eigenvalue weighted by atomic mass is 10.0. The molecular weight excluding hydrogens is 226 g/mol. The largest absolute Gasteiger partial charge is 0.314 e. The molecule has 3 heterocycles. The molecule has 3 rings (SSSR count). The van der Waals surface area contributed by atoms with Gasteiger partial charge in [0.1, 0.15) is 12.1 Å². The summed E-state index contributed by atoms with van der Waals surface area (Å²) in [6, 6.07) is 4.24. The molecule has 0 amide bonds. The summed E-state index contributed by atoms with van der Waals surface area (Å²) < 4.78 is 2.07. The molecule has 1 N–H and O–H groups in total. The van der Waals surface area contributed by atoms with Gasteiger partial charge in [-0.05, 0) is 31.5 Å². The number of carbonyl (C=O) groups excluding carboxylic acids is 1. The second kappa shape index (κ2) is 4.90. The van der Waals surface area contributed by atoms with Gasteiger partial charge in [0, 0.05) is 24.2 Å². The molecule has 1 atom stereocenters. The highest BCUT2D eigenvalue weighted by molar-refractivity contribution is 5.77. The number of fused-ring (bicyclic) bond motifs is 1. The van der Waals surface area contributed by atoms with Gasteiger partial charge in [-0.15, -0.1) is 0 Å². The number of hydrogen-bond acceptors (Lipinski definition) is 3. The average Bonchev–Trinajstić information content (AvgIpc) is 2.82. The fourth-order valence-corrected chi connectivity index (χ4v) is 2.62. The number of nitrogens with one attached hydrogen (secondary N) is 1. The lowest BCUT2D eigenvalue weighted by Crippen LogP contribution is -2.36. The van der Waals surface area contributed by atoms with Crippen LogP contribution in [0.1, 0.15) is 35.4 Å². The van der Waals surface area contributed by atoms with E-state index in [0.717, 1.165) is 30.6 Å². The number of carbonyl (C=O) groups is 1. The van der Waals surface area contributed by atoms with Gasteiger partial charge in [0.2, 0.25) is 0 Å². The quantitative estimate of drug-likeness (QED) is 0.837. The second-order valence-electron chi connectivity index (χ2n) is 4.90. The van der Waals surface area contributed by atoms with E-state index in [0.29, 0.717) is 11.6 Å². The Balaban J connectivity index is 1.85. The molecule has 1 saturated heterocycles. The minimum atomic E-state index is 0.537. The lowest BCUT2D eigenvalue weighted by Gasteiger charge is -2.22. The van der Waals surface area contributed by atoms with Crippen molar-refractivity contribution in [2.24, 2.45) is 0 Å². The average molecular weight is 243 g/mol. The number of pyridine rings is 1. The standard InChI is InChI=1S/C14H17N3O/c18-10-11-4-6-17-13(7-11)9-16-14(17)8-12-3-1-2-5-15-12/h4,6-7,9-10,12,15H,1-3,5,8H2. The van der Waals surface area contributed by atoms with Crippen molar-refractivity contribution >= 4 is 11.8 Å². The van der Waals surface area contributed by atoms with Crippen molar-refractivity contribution < 1.29 is 4.79 Å². The fourth-order valence-electron chi connectivity index (χ4n) is 2.62. The monoisotopic (exact) mass is 243 g/mol. The molecule has 0 spiro atoms. The molecule has 18 heavy (non-hydrogen) atoms. The molecular formula is C14H17N3O. The first-order valence-electron chi connectivity index (χ1n) is 6.51. The summed E-state index contributed by atoms with van der Waals surface area (Å²) in [5.41, 5.74) is 1.69. The number of hydrogen-bond donors (Lipinski definition) is 1. The van der Waals surface area contributed by atoms with Crippen LogP contribution in [0.3, 0.4) is 0 Å². The Kier molecular flexibility index (Phi) is 3.11. The maximum Gasteiger partial charge on any atom is 0.150 e. The Bertz CT molecular complexity index is 555. The number of rotatable bonds is 3. The van der Waals surface area contributed by atoms with Crippen molar-refractivity contribution in [3.8, 4) is 0 Å². The maximum atomic E-state index is 10.7. The zero-order chi connectivity index (χ0) is 12.4. The predicted octanol–water partition coefficient (Wildman–Crippen LogP) is 1.83. The van der Waals surface area contributed by atoms with Crippen molar-refractivity contribution in [2.75, 3.05) is 6.54 Å². The minimum Gasteiger partial charge on any atom is -0.314 e. The Hall–Kier alpha value is -1.68. The number of aldehydes is 1. The molecule has 4 nitrogen and oxygen atoms in total. The maximum absolute atomic E-state index is 10.7. The molecule has 0 aromatic carbocycles. The Labute approximate surface area is 106 Å². The smallest absolute Gasteiger partial charge is 0.150 e. The summed E-state index contributed by atoms with van der Waals surface area (Å²) in [5.74, 6) is 1.07. The van der Waals surface area contributed by atoms with Gasteiger partial charge in [0.15, 0.2) is 0 Å². The van der Waals surface area contributed by atoms with Gasteiger partial charge < -0.3 is 9.72 Å². The predicted molar refractivity (Wildman–Crippen MR) is 69.9 cm³/mol. The van der Waals surface area contributed by atoms with Gasteiger partial charge in [0.25, 0.3) is 0 Å². The summed E-state index contributed by atoms with van der Waals surface area (Å²) in [4.78, 5) is 15.2. The van der Waals surface area contributed by atoms with Gasteiger partial charge in [0.05, 0.1) is 11.7 Å². The lowest BCUT2D eigenvalue weighted by molar-refractivity contribution is 0.112. The van der Waals surface area contributed by atoms with Gasteiger partial charge in [-0.3, -0.25) is 4.79 Å². The summed E-state index contributed by atoms with van der Waals surface area (Å²) in [5, 5.41) is 3.54. The molecule has 0 radical (unpaired) electrons. The number of aromatic nitrogens is 2. The van der Waals surface area contributed by atoms with E-state index in [1.165, 1.54) is 19.3 Å². The molecule has 94 valence electrons. The van der Waals surface area contributed by atoms with Crippen LogP contribution in [0.15, 0.2) is 24.5 Å². The van der Waals surface area contributed by atoms with Crippen LogP contribution in [0.25, 0.3) is 5.52 Å². The second-order valence-corrected chi connectivity index (χ2v) is 4.90. The first-order valence-corrected chi connectivity index (χ1v) is 6.51. The molecule has 1 aliphatic rings. The Morgan fingerprint density at radius 2 is 2.44 bits per heavy atom. The summed E-state index contributed by atoms with van der Waals surface area (Å²) in [7, 11) is 0. The number of piperidine rings is 1. The molecule has 4 heteroatoms. The van der Waals surface area contributed by atoms with Crippen molar-refractivity contribution in [1.82, 2.24) is 14.7 Å². The Morgan fingerprint density at radius 1 is 1.50 bits per heavy atom. The van der Waals surface area contributed by atoms with Crippen molar-refractivity contribution in [3.05, 3.63) is 35.9 Å². The third-order valence-electron chi connectivity index (χ3n) is 3.61. The first-order chi connectivity index (χ1) is 8.86. The van der Waals surface area contributed by atoms with Crippen LogP contribution >= 0.6 is 0 Å². The van der Waals surface area contributed by atoms with Crippen LogP contribution in [0, 0.1) is 0 Å². The van der Waals surface area contributed by atoms with Crippen LogP contribution in [-0.4, -0.2) is 28.3 Å². The van der Waals surface area contributed by atoms with Crippen molar-refractivity contribution in [2.45, 2.75) is 31.7 Å². The SMILES string of the molecule is O=Cc1ccn2c(CC3CCCCN3)ncc2c1. The normalized spacial score (nSPS) is 20.1. The third-order valence-corrected chi connectivity index (χ3v) is 3.61. The van der Waals surface area contributed by atoms with E-state index in [-0.39, 0.29) is 0 Å². The van der Waals surface area contributed by atoms with E-state index in [1.807, 2.05) is 24.5 Å². The van der Waals surface area contributed by atoms with E-state index in [9.17, 15) is 4.79 Å². The van der Waals surface area contributed by atoms with E-state index in [1.54, 1.807) is 0 Å². The highest BCUT2D eigenvalue weighted by atomic mass is 16.1. The summed E-state index contributed by atoms with van der Waals surface area (Å²) >= 11 is 0. The molecule has 1 unspecified atom stereocenters. The van der Waals surface area contributed by atoms with E-state index < -0.39 is 0 Å². The molecule has 0 bridgehead atoms. The zero-order valence-electron chi connectivity index (χ0n) is 10.3. The molecule has 1 fully saturated rings. The molecule has 1 aliphatic heterocycles. The topological polar surface area (TPSA) is 46.4 Å². The number of nitrogens with zero attached hydrogens (tertiary/aromatic N) is 2. The minimum absolute atomic E-state index is 0.537. The van der Waals surface area contributed by atoms with Gasteiger partial charge >= 0.3 is 0 Å². The van der Waals surface area contributed by atoms with E-state index in [4.69, 9.17) is 0 Å². The van der Waals surface area contributed by atoms with E-state index >= 15 is 0 Å². The van der Waals surface area contributed by atoms with Gasteiger partial charge in [-0.2, -0.15) is 0 Å². The molecule has 0 saturated carbocycles. The van der Waals surface area contributed by atoms with Crippen LogP contribution in [0.4, 0.5) is 0 Å². The van der Waals surface area contributed by atoms with Crippen LogP contribution in [0.5, 0.6) is 0 Å². The van der Waals surface area contributed by atoms with Gasteiger partial charge in [-0.25, -0.2) is 4.98 Å². The van der Waals surface area contributed by atoms with Gasteiger partial charge in [-0.1, -0.05) is 6.42 Å². The van der Waals surface area contributed by atoms with E-state index in [2.05, 4.69) is 14.7 Å². The third kappa shape index (κ3) is 2.16. The van der Waals surface area contributed by atoms with Crippen LogP contribution < -0.4 is 5.32 Å². The zero-order valence-corrected chi connectivity index (χ0v) is 10.3. The number of imidazole rings is 1. The summed E-state index contributed by atoms with van der Waals surface area (Å²) in [6.45, 7) is 1.11. The molecule has 2 aromatic heterocycles. The van der Waals surface area contributed by atoms with Crippen molar-refractivity contribution in [3.63, 3.8) is 0 Å². The highest BCUT2D eigenvalue weighted by Crippen LogP contribution is 2.14. The fraction of sp³-hybridized carbons (Fsp3) is 0.429. The molecule has 2 aromatic rings. The summed E-state index contributed by atoms with van der Waals surface area (Å²) in [6.07, 6.45) is 9.40. The Morgan fingerprint density at radius 3 is 3.22 bits per heavy atom.